The van der Waals surface area contributed by atoms with Crippen molar-refractivity contribution < 1.29 is 22.7 Å². The average molecular weight is 553 g/mol. The number of carbonyl (C=O) groups excluding carboxylic acids is 1. The van der Waals surface area contributed by atoms with Crippen LogP contribution >= 0.6 is 11.8 Å². The summed E-state index contributed by atoms with van der Waals surface area (Å²) in [7, 11) is 0. The molecule has 12 heteroatoms. The zero-order valence-electron chi connectivity index (χ0n) is 21.2. The van der Waals surface area contributed by atoms with E-state index >= 15 is 0 Å². The van der Waals surface area contributed by atoms with Crippen LogP contribution in [0, 0.1) is 0 Å². The van der Waals surface area contributed by atoms with Crippen molar-refractivity contribution in [2.45, 2.75) is 24.4 Å². The number of ether oxygens (including phenoxy) is 1. The molecule has 0 saturated carbocycles. The molecule has 1 saturated heterocycles. The number of nitrogens with zero attached hydrogens (tertiary/aromatic N) is 6. The highest BCUT2D eigenvalue weighted by Gasteiger charge is 2.18. The average Bonchev–Trinajstić information content (AvgIpc) is 3.48. The molecule has 0 unspecified atom stereocenters. The van der Waals surface area contributed by atoms with Gasteiger partial charge in [0.25, 0.3) is 5.89 Å². The summed E-state index contributed by atoms with van der Waals surface area (Å²) < 4.78 is 35.8. The maximum atomic E-state index is 12.7. The molecule has 1 fully saturated rings. The second kappa shape index (κ2) is 12.4. The molecule has 5 rings (SSSR count). The van der Waals surface area contributed by atoms with Crippen molar-refractivity contribution in [3.05, 3.63) is 72.1 Å². The molecule has 0 aliphatic carbocycles. The fraction of sp³-hybridized carbons (Fsp3) is 0.296. The van der Waals surface area contributed by atoms with Crippen molar-refractivity contribution in [3.8, 4) is 22.6 Å². The lowest BCUT2D eigenvalue weighted by Crippen LogP contribution is -2.35. The predicted octanol–water partition coefficient (Wildman–Crippen LogP) is 4.85. The van der Waals surface area contributed by atoms with E-state index in [0.29, 0.717) is 11.3 Å². The van der Waals surface area contributed by atoms with E-state index < -0.39 is 12.3 Å². The van der Waals surface area contributed by atoms with Gasteiger partial charge in [-0.3, -0.25) is 19.7 Å². The molecule has 202 valence electrons. The molecule has 9 nitrogen and oxygen atoms in total. The lowest BCUT2D eigenvalue weighted by molar-refractivity contribution is -0.107. The zero-order chi connectivity index (χ0) is 27.2. The summed E-state index contributed by atoms with van der Waals surface area (Å²) >= 11 is 1.54. The van der Waals surface area contributed by atoms with Crippen molar-refractivity contribution in [3.63, 3.8) is 0 Å². The number of anilines is 1. The maximum Gasteiger partial charge on any atom is 0.314 e. The molecule has 4 heterocycles. The van der Waals surface area contributed by atoms with E-state index in [1.165, 1.54) is 6.20 Å². The smallest absolute Gasteiger partial charge is 0.314 e. The number of benzene rings is 1. The molecular formula is C27H26F2N6O3S. The van der Waals surface area contributed by atoms with E-state index in [-0.39, 0.29) is 12.4 Å². The Morgan fingerprint density at radius 2 is 1.72 bits per heavy atom. The van der Waals surface area contributed by atoms with E-state index in [1.54, 1.807) is 28.8 Å². The van der Waals surface area contributed by atoms with Gasteiger partial charge in [-0.15, -0.1) is 22.0 Å². The van der Waals surface area contributed by atoms with Crippen molar-refractivity contribution in [1.29, 1.82) is 0 Å². The van der Waals surface area contributed by atoms with Crippen LogP contribution in [0.4, 0.5) is 14.5 Å². The molecule has 0 N–H and O–H groups in total. The van der Waals surface area contributed by atoms with E-state index in [2.05, 4.69) is 31.1 Å². The summed E-state index contributed by atoms with van der Waals surface area (Å²) in [5, 5.41) is 6.96. The van der Waals surface area contributed by atoms with Gasteiger partial charge in [0.1, 0.15) is 0 Å². The number of morpholine rings is 1. The van der Waals surface area contributed by atoms with Gasteiger partial charge in [0.05, 0.1) is 42.4 Å². The summed E-state index contributed by atoms with van der Waals surface area (Å²) in [5.74, 6) is -0.783. The highest BCUT2D eigenvalue weighted by molar-refractivity contribution is 7.98. The number of pyridine rings is 2. The number of carbonyl (C=O) groups is 1. The molecule has 1 aliphatic rings. The molecule has 0 radical (unpaired) electrons. The van der Waals surface area contributed by atoms with E-state index in [1.807, 2.05) is 36.7 Å². The van der Waals surface area contributed by atoms with E-state index in [0.717, 1.165) is 66.7 Å². The molecule has 39 heavy (non-hydrogen) atoms. The van der Waals surface area contributed by atoms with Crippen LogP contribution in [0.2, 0.25) is 0 Å². The van der Waals surface area contributed by atoms with Crippen LogP contribution < -0.4 is 4.90 Å². The first kappa shape index (κ1) is 26.9. The van der Waals surface area contributed by atoms with Gasteiger partial charge in [-0.25, -0.2) is 0 Å². The zero-order valence-corrected chi connectivity index (χ0v) is 22.0. The third kappa shape index (κ3) is 6.47. The fourth-order valence-corrected chi connectivity index (χ4v) is 4.85. The number of aromatic nitrogens is 4. The van der Waals surface area contributed by atoms with Crippen LogP contribution in [-0.4, -0.2) is 64.0 Å². The van der Waals surface area contributed by atoms with Crippen molar-refractivity contribution in [2.24, 2.45) is 0 Å². The van der Waals surface area contributed by atoms with Crippen LogP contribution in [0.25, 0.3) is 22.6 Å². The van der Waals surface area contributed by atoms with Crippen LogP contribution in [0.15, 0.2) is 64.2 Å². The van der Waals surface area contributed by atoms with E-state index in [9.17, 15) is 13.6 Å². The van der Waals surface area contributed by atoms with Gasteiger partial charge in [0.15, 0.2) is 0 Å². The second-order valence-electron chi connectivity index (χ2n) is 8.83. The topological polar surface area (TPSA) is 97.5 Å². The number of hydrogen-bond donors (Lipinski definition) is 0. The Labute approximate surface area is 228 Å². The summed E-state index contributed by atoms with van der Waals surface area (Å²) in [5.41, 5.74) is 4.78. The highest BCUT2D eigenvalue weighted by Crippen LogP contribution is 2.34. The number of hydrogen-bond acceptors (Lipinski definition) is 9. The van der Waals surface area contributed by atoms with Crippen LogP contribution in [0.1, 0.15) is 23.7 Å². The molecule has 1 aliphatic heterocycles. The second-order valence-corrected chi connectivity index (χ2v) is 9.68. The summed E-state index contributed by atoms with van der Waals surface area (Å²) in [6.07, 6.45) is 3.22. The van der Waals surface area contributed by atoms with Crippen LogP contribution in [-0.2, 0) is 22.6 Å². The molecular weight excluding hydrogens is 526 g/mol. The maximum absolute atomic E-state index is 12.7. The Morgan fingerprint density at radius 1 is 1.00 bits per heavy atom. The molecule has 3 aromatic heterocycles. The van der Waals surface area contributed by atoms with Crippen molar-refractivity contribution >= 4 is 23.9 Å². The SMILES string of the molecule is CSc1cc(-c2ccc(CN3CCOCC3)nc2)ccc1N(C=O)Cc1ccc(-c2nnc(C(F)F)o2)cn1. The number of amides is 1. The summed E-state index contributed by atoms with van der Waals surface area (Å²) in [4.78, 5) is 25.9. The monoisotopic (exact) mass is 552 g/mol. The number of halogens is 2. The summed E-state index contributed by atoms with van der Waals surface area (Å²) in [6, 6.07) is 13.4. The minimum Gasteiger partial charge on any atom is -0.415 e. The molecule has 0 bridgehead atoms. The Morgan fingerprint density at radius 3 is 2.36 bits per heavy atom. The molecule has 1 aromatic carbocycles. The predicted molar refractivity (Wildman–Crippen MR) is 142 cm³/mol. The van der Waals surface area contributed by atoms with Crippen molar-refractivity contribution in [1.82, 2.24) is 25.1 Å². The summed E-state index contributed by atoms with van der Waals surface area (Å²) in [6.45, 7) is 4.36. The molecule has 4 aromatic rings. The lowest BCUT2D eigenvalue weighted by Gasteiger charge is -2.26. The van der Waals surface area contributed by atoms with Gasteiger partial charge in [-0.2, -0.15) is 8.78 Å². The minimum absolute atomic E-state index is 0.0412. The Balaban J connectivity index is 1.28. The van der Waals surface area contributed by atoms with Gasteiger partial charge in [0.2, 0.25) is 12.3 Å². The molecule has 0 atom stereocenters. The highest BCUT2D eigenvalue weighted by atomic mass is 32.2. The van der Waals surface area contributed by atoms with Gasteiger partial charge < -0.3 is 14.1 Å². The third-order valence-electron chi connectivity index (χ3n) is 6.30. The fourth-order valence-electron chi connectivity index (χ4n) is 4.21. The first-order valence-corrected chi connectivity index (χ1v) is 13.5. The van der Waals surface area contributed by atoms with Gasteiger partial charge in [-0.1, -0.05) is 12.1 Å². The Kier molecular flexibility index (Phi) is 8.54. The number of thioether (sulfide) groups is 1. The molecule has 0 spiro atoms. The van der Waals surface area contributed by atoms with E-state index in [4.69, 9.17) is 9.15 Å². The quantitative estimate of drug-likeness (QED) is 0.202. The third-order valence-corrected chi connectivity index (χ3v) is 7.06. The normalized spacial score (nSPS) is 14.1. The minimum atomic E-state index is -2.84. The largest absolute Gasteiger partial charge is 0.415 e. The van der Waals surface area contributed by atoms with Crippen LogP contribution in [0.5, 0.6) is 0 Å². The number of alkyl halides is 2. The lowest BCUT2D eigenvalue weighted by atomic mass is 10.1. The van der Waals surface area contributed by atoms with Gasteiger partial charge >= 0.3 is 6.43 Å². The first-order valence-electron chi connectivity index (χ1n) is 12.3. The first-order chi connectivity index (χ1) is 19.0. The molecule has 1 amide bonds. The van der Waals surface area contributed by atoms with Gasteiger partial charge in [-0.05, 0) is 42.2 Å². The number of rotatable bonds is 10. The van der Waals surface area contributed by atoms with Gasteiger partial charge in [0, 0.05) is 42.5 Å². The van der Waals surface area contributed by atoms with Crippen LogP contribution in [0.3, 0.4) is 0 Å². The Hall–Kier alpha value is -3.74. The standard InChI is InChI=1S/C27H26F2N6O3S/c1-39-24-12-18(19-2-5-21(30-13-19)15-34-8-10-37-11-9-34)4-7-23(24)35(17-36)16-22-6-3-20(14-31-22)26-32-33-27(38-26)25(28)29/h2-7,12-14,17,25H,8-11,15-16H2,1H3. The van der Waals surface area contributed by atoms with Crippen molar-refractivity contribution in [2.75, 3.05) is 37.5 Å². The Bertz CT molecular complexity index is 1400.